The van der Waals surface area contributed by atoms with Gasteiger partial charge in [0.1, 0.15) is 5.60 Å². The molecule has 1 amide bonds. The Morgan fingerprint density at radius 1 is 1.21 bits per heavy atom. The van der Waals surface area contributed by atoms with E-state index in [0.29, 0.717) is 0 Å². The molecule has 0 aromatic rings. The maximum absolute atomic E-state index is 12.2. The van der Waals surface area contributed by atoms with Crippen molar-refractivity contribution in [1.82, 2.24) is 4.90 Å². The summed E-state index contributed by atoms with van der Waals surface area (Å²) in [5, 5.41) is 8.80. The van der Waals surface area contributed by atoms with Crippen LogP contribution in [-0.2, 0) is 9.53 Å². The van der Waals surface area contributed by atoms with Gasteiger partial charge in [-0.1, -0.05) is 19.3 Å². The SMILES string of the molecule is CC(C)(C)OC(=O)N(CCC(=O)O)C1CCCCC1. The molecule has 19 heavy (non-hydrogen) atoms. The number of rotatable bonds is 4. The second kappa shape index (κ2) is 6.78. The van der Waals surface area contributed by atoms with Crippen LogP contribution in [0.2, 0.25) is 0 Å². The average molecular weight is 271 g/mol. The lowest BCUT2D eigenvalue weighted by atomic mass is 9.94. The van der Waals surface area contributed by atoms with E-state index in [4.69, 9.17) is 9.84 Å². The first-order chi connectivity index (χ1) is 8.79. The standard InChI is InChI=1S/C14H25NO4/c1-14(2,3)19-13(18)15(10-9-12(16)17)11-7-5-4-6-8-11/h11H,4-10H2,1-3H3,(H,16,17). The molecule has 5 heteroatoms. The summed E-state index contributed by atoms with van der Waals surface area (Å²) >= 11 is 0. The van der Waals surface area contributed by atoms with Gasteiger partial charge < -0.3 is 14.7 Å². The highest BCUT2D eigenvalue weighted by Crippen LogP contribution is 2.24. The first-order valence-electron chi connectivity index (χ1n) is 7.01. The lowest BCUT2D eigenvalue weighted by molar-refractivity contribution is -0.137. The van der Waals surface area contributed by atoms with E-state index in [-0.39, 0.29) is 25.1 Å². The van der Waals surface area contributed by atoms with Crippen LogP contribution in [0.1, 0.15) is 59.3 Å². The molecular weight excluding hydrogens is 246 g/mol. The van der Waals surface area contributed by atoms with Gasteiger partial charge in [0.05, 0.1) is 6.42 Å². The van der Waals surface area contributed by atoms with Crippen LogP contribution in [0.3, 0.4) is 0 Å². The first-order valence-corrected chi connectivity index (χ1v) is 7.01. The quantitative estimate of drug-likeness (QED) is 0.853. The molecule has 0 radical (unpaired) electrons. The van der Waals surface area contributed by atoms with Crippen molar-refractivity contribution in [2.45, 2.75) is 70.9 Å². The number of carbonyl (C=O) groups is 2. The van der Waals surface area contributed by atoms with Crippen molar-refractivity contribution in [3.63, 3.8) is 0 Å². The first kappa shape index (κ1) is 15.8. The monoisotopic (exact) mass is 271 g/mol. The number of carbonyl (C=O) groups excluding carboxylic acids is 1. The number of hydrogen-bond acceptors (Lipinski definition) is 3. The zero-order valence-electron chi connectivity index (χ0n) is 12.1. The molecule has 110 valence electrons. The van der Waals surface area contributed by atoms with E-state index in [1.54, 1.807) is 4.90 Å². The fraction of sp³-hybridized carbons (Fsp3) is 0.857. The second-order valence-corrected chi connectivity index (χ2v) is 6.11. The lowest BCUT2D eigenvalue weighted by Crippen LogP contribution is -2.45. The number of aliphatic carboxylic acids is 1. The molecule has 1 N–H and O–H groups in total. The van der Waals surface area contributed by atoms with Gasteiger partial charge in [-0.25, -0.2) is 4.79 Å². The predicted molar refractivity (Wildman–Crippen MR) is 72.1 cm³/mol. The minimum atomic E-state index is -0.885. The molecule has 1 fully saturated rings. The van der Waals surface area contributed by atoms with E-state index < -0.39 is 11.6 Å². The van der Waals surface area contributed by atoms with Crippen molar-refractivity contribution in [3.05, 3.63) is 0 Å². The van der Waals surface area contributed by atoms with E-state index in [1.165, 1.54) is 6.42 Å². The van der Waals surface area contributed by atoms with Gasteiger partial charge in [0.2, 0.25) is 0 Å². The number of ether oxygens (including phenoxy) is 1. The molecule has 5 nitrogen and oxygen atoms in total. The number of carboxylic acids is 1. The van der Waals surface area contributed by atoms with Crippen LogP contribution in [0.4, 0.5) is 4.79 Å². The molecule has 0 aromatic heterocycles. The molecule has 0 saturated heterocycles. The number of carboxylic acid groups (broad SMARTS) is 1. The van der Waals surface area contributed by atoms with Crippen molar-refractivity contribution in [1.29, 1.82) is 0 Å². The summed E-state index contributed by atoms with van der Waals surface area (Å²) in [6, 6.07) is 0.128. The molecular formula is C14H25NO4. The van der Waals surface area contributed by atoms with Crippen molar-refractivity contribution >= 4 is 12.1 Å². The van der Waals surface area contributed by atoms with Crippen LogP contribution < -0.4 is 0 Å². The minimum Gasteiger partial charge on any atom is -0.481 e. The maximum Gasteiger partial charge on any atom is 0.410 e. The molecule has 0 aromatic carbocycles. The van der Waals surface area contributed by atoms with Crippen LogP contribution in [0, 0.1) is 0 Å². The minimum absolute atomic E-state index is 0.0320. The van der Waals surface area contributed by atoms with E-state index in [0.717, 1.165) is 25.7 Å². The Hall–Kier alpha value is -1.26. The summed E-state index contributed by atoms with van der Waals surface area (Å²) in [6.07, 6.45) is 4.85. The van der Waals surface area contributed by atoms with Crippen molar-refractivity contribution < 1.29 is 19.4 Å². The van der Waals surface area contributed by atoms with Gasteiger partial charge in [-0.3, -0.25) is 4.79 Å². The Bertz CT molecular complexity index is 316. The maximum atomic E-state index is 12.2. The molecule has 1 aliphatic carbocycles. The van der Waals surface area contributed by atoms with Gasteiger partial charge >= 0.3 is 12.1 Å². The van der Waals surface area contributed by atoms with Gasteiger partial charge in [0.15, 0.2) is 0 Å². The third-order valence-electron chi connectivity index (χ3n) is 3.21. The van der Waals surface area contributed by atoms with E-state index in [1.807, 2.05) is 20.8 Å². The second-order valence-electron chi connectivity index (χ2n) is 6.11. The van der Waals surface area contributed by atoms with Crippen molar-refractivity contribution in [3.8, 4) is 0 Å². The van der Waals surface area contributed by atoms with E-state index >= 15 is 0 Å². The number of amides is 1. The Kier molecular flexibility index (Phi) is 5.63. The van der Waals surface area contributed by atoms with Gasteiger partial charge in [0.25, 0.3) is 0 Å². The molecule has 0 aliphatic heterocycles. The Balaban J connectivity index is 2.66. The molecule has 1 aliphatic rings. The van der Waals surface area contributed by atoms with Crippen LogP contribution in [-0.4, -0.2) is 40.3 Å². The molecule has 0 unspecified atom stereocenters. The molecule has 0 spiro atoms. The van der Waals surface area contributed by atoms with Gasteiger partial charge in [-0.05, 0) is 33.6 Å². The van der Waals surface area contributed by atoms with E-state index in [2.05, 4.69) is 0 Å². The summed E-state index contributed by atoms with van der Waals surface area (Å²) in [4.78, 5) is 24.5. The lowest BCUT2D eigenvalue weighted by Gasteiger charge is -2.35. The third-order valence-corrected chi connectivity index (χ3v) is 3.21. The third kappa shape index (κ3) is 5.94. The van der Waals surface area contributed by atoms with Crippen LogP contribution >= 0.6 is 0 Å². The van der Waals surface area contributed by atoms with Gasteiger partial charge in [-0.15, -0.1) is 0 Å². The van der Waals surface area contributed by atoms with Gasteiger partial charge in [0, 0.05) is 12.6 Å². The van der Waals surface area contributed by atoms with Gasteiger partial charge in [-0.2, -0.15) is 0 Å². The zero-order valence-corrected chi connectivity index (χ0v) is 12.1. The predicted octanol–water partition coefficient (Wildman–Crippen LogP) is 3.03. The summed E-state index contributed by atoms with van der Waals surface area (Å²) in [6.45, 7) is 5.69. The van der Waals surface area contributed by atoms with Crippen LogP contribution in [0.15, 0.2) is 0 Å². The summed E-state index contributed by atoms with van der Waals surface area (Å²) in [5.41, 5.74) is -0.548. The number of nitrogens with zero attached hydrogens (tertiary/aromatic N) is 1. The van der Waals surface area contributed by atoms with Crippen LogP contribution in [0.5, 0.6) is 0 Å². The smallest absolute Gasteiger partial charge is 0.410 e. The normalized spacial score (nSPS) is 17.0. The summed E-state index contributed by atoms with van der Waals surface area (Å²) < 4.78 is 5.38. The average Bonchev–Trinajstić information content (AvgIpc) is 2.27. The highest BCUT2D eigenvalue weighted by molar-refractivity contribution is 5.71. The Morgan fingerprint density at radius 2 is 1.79 bits per heavy atom. The molecule has 0 bridgehead atoms. The Labute approximate surface area is 114 Å². The van der Waals surface area contributed by atoms with Crippen molar-refractivity contribution in [2.24, 2.45) is 0 Å². The largest absolute Gasteiger partial charge is 0.481 e. The molecule has 0 atom stereocenters. The van der Waals surface area contributed by atoms with Crippen LogP contribution in [0.25, 0.3) is 0 Å². The Morgan fingerprint density at radius 3 is 2.26 bits per heavy atom. The fourth-order valence-electron chi connectivity index (χ4n) is 2.35. The summed E-state index contributed by atoms with van der Waals surface area (Å²) in [5.74, 6) is -0.885. The summed E-state index contributed by atoms with van der Waals surface area (Å²) in [7, 11) is 0. The topological polar surface area (TPSA) is 66.8 Å². The van der Waals surface area contributed by atoms with Crippen molar-refractivity contribution in [2.75, 3.05) is 6.54 Å². The van der Waals surface area contributed by atoms with E-state index in [9.17, 15) is 9.59 Å². The molecule has 1 rings (SSSR count). The highest BCUT2D eigenvalue weighted by Gasteiger charge is 2.29. The molecule has 1 saturated carbocycles. The number of hydrogen-bond donors (Lipinski definition) is 1. The molecule has 0 heterocycles. The fourth-order valence-corrected chi connectivity index (χ4v) is 2.35. The zero-order chi connectivity index (χ0) is 14.5. The highest BCUT2D eigenvalue weighted by atomic mass is 16.6.